The van der Waals surface area contributed by atoms with Gasteiger partial charge in [-0.25, -0.2) is 13.1 Å². The van der Waals surface area contributed by atoms with E-state index in [0.29, 0.717) is 18.5 Å². The first-order valence-electron chi connectivity index (χ1n) is 5.99. The van der Waals surface area contributed by atoms with Gasteiger partial charge in [-0.1, -0.05) is 18.0 Å². The minimum Gasteiger partial charge on any atom is -0.389 e. The van der Waals surface area contributed by atoms with Gasteiger partial charge < -0.3 is 9.63 Å². The highest BCUT2D eigenvalue weighted by molar-refractivity contribution is 7.89. The van der Waals surface area contributed by atoms with E-state index in [2.05, 4.69) is 9.88 Å². The van der Waals surface area contributed by atoms with E-state index in [1.165, 1.54) is 0 Å². The molecule has 1 aromatic heterocycles. The number of aromatic nitrogens is 1. The van der Waals surface area contributed by atoms with Crippen molar-refractivity contribution in [2.75, 3.05) is 6.54 Å². The summed E-state index contributed by atoms with van der Waals surface area (Å²) in [6.07, 6.45) is 3.14. The lowest BCUT2D eigenvalue weighted by Crippen LogP contribution is -2.40. The average molecular weight is 274 g/mol. The maximum absolute atomic E-state index is 12.1. The largest absolute Gasteiger partial charge is 0.389 e. The van der Waals surface area contributed by atoms with E-state index in [9.17, 15) is 13.5 Å². The minimum atomic E-state index is -3.67. The average Bonchev–Trinajstić information content (AvgIpc) is 2.85. The van der Waals surface area contributed by atoms with Gasteiger partial charge >= 0.3 is 0 Å². The van der Waals surface area contributed by atoms with Crippen molar-refractivity contribution in [3.8, 4) is 0 Å². The Morgan fingerprint density at radius 1 is 1.39 bits per heavy atom. The number of nitrogens with one attached hydrogen (secondary N) is 1. The predicted octanol–water partition coefficient (Wildman–Crippen LogP) is 0.875. The van der Waals surface area contributed by atoms with Gasteiger partial charge in [-0.05, 0) is 26.7 Å². The van der Waals surface area contributed by atoms with Crippen molar-refractivity contribution in [1.82, 2.24) is 9.88 Å². The lowest BCUT2D eigenvalue weighted by Gasteiger charge is -2.22. The maximum Gasteiger partial charge on any atom is 0.246 e. The van der Waals surface area contributed by atoms with Crippen LogP contribution >= 0.6 is 0 Å². The molecule has 1 aromatic rings. The summed E-state index contributed by atoms with van der Waals surface area (Å²) in [6, 6.07) is 0. The molecule has 6 nitrogen and oxygen atoms in total. The van der Waals surface area contributed by atoms with Gasteiger partial charge in [-0.15, -0.1) is 0 Å². The zero-order valence-corrected chi connectivity index (χ0v) is 11.4. The Balaban J connectivity index is 2.13. The first kappa shape index (κ1) is 13.5. The summed E-state index contributed by atoms with van der Waals surface area (Å²) in [5, 5.41) is 13.7. The van der Waals surface area contributed by atoms with Crippen molar-refractivity contribution in [1.29, 1.82) is 0 Å². The molecule has 0 bridgehead atoms. The Hall–Kier alpha value is -0.920. The molecule has 1 aliphatic rings. The van der Waals surface area contributed by atoms with Gasteiger partial charge in [0.15, 0.2) is 5.76 Å². The standard InChI is InChI=1S/C11H18N2O4S/c1-8-10(9(2)17-13-8)18(15,16)12-7-11(14)5-3-4-6-11/h12,14H,3-7H2,1-2H3. The van der Waals surface area contributed by atoms with Crippen molar-refractivity contribution < 1.29 is 18.0 Å². The van der Waals surface area contributed by atoms with Crippen LogP contribution in [0.2, 0.25) is 0 Å². The topological polar surface area (TPSA) is 92.4 Å². The second-order valence-corrected chi connectivity index (χ2v) is 6.61. The molecule has 0 saturated heterocycles. The molecule has 18 heavy (non-hydrogen) atoms. The van der Waals surface area contributed by atoms with E-state index >= 15 is 0 Å². The van der Waals surface area contributed by atoms with Gasteiger partial charge in [0.1, 0.15) is 10.6 Å². The second kappa shape index (κ2) is 4.64. The molecule has 2 N–H and O–H groups in total. The summed E-state index contributed by atoms with van der Waals surface area (Å²) >= 11 is 0. The molecule has 1 saturated carbocycles. The molecule has 2 rings (SSSR count). The SMILES string of the molecule is Cc1noc(C)c1S(=O)(=O)NCC1(O)CCCC1. The normalized spacial score (nSPS) is 19.3. The summed E-state index contributed by atoms with van der Waals surface area (Å²) in [4.78, 5) is 0.0732. The van der Waals surface area contributed by atoms with Gasteiger partial charge in [0, 0.05) is 6.54 Å². The van der Waals surface area contributed by atoms with E-state index in [1.54, 1.807) is 13.8 Å². The van der Waals surface area contributed by atoms with Crippen LogP contribution in [-0.2, 0) is 10.0 Å². The highest BCUT2D eigenvalue weighted by Crippen LogP contribution is 2.29. The first-order chi connectivity index (χ1) is 8.34. The molecule has 1 aliphatic carbocycles. The molecule has 0 atom stereocenters. The van der Waals surface area contributed by atoms with Crippen LogP contribution in [0.4, 0.5) is 0 Å². The Kier molecular flexibility index (Phi) is 3.48. The van der Waals surface area contributed by atoms with E-state index in [0.717, 1.165) is 12.8 Å². The van der Waals surface area contributed by atoms with Gasteiger partial charge in [-0.3, -0.25) is 0 Å². The fourth-order valence-electron chi connectivity index (χ4n) is 2.37. The fourth-order valence-corrected chi connectivity index (χ4v) is 3.81. The monoisotopic (exact) mass is 274 g/mol. The fraction of sp³-hybridized carbons (Fsp3) is 0.727. The molecule has 1 fully saturated rings. The highest BCUT2D eigenvalue weighted by Gasteiger charge is 2.33. The summed E-state index contributed by atoms with van der Waals surface area (Å²) in [6.45, 7) is 3.17. The number of sulfonamides is 1. The number of nitrogens with zero attached hydrogens (tertiary/aromatic N) is 1. The second-order valence-electron chi connectivity index (χ2n) is 4.91. The molecular formula is C11H18N2O4S. The number of rotatable bonds is 4. The van der Waals surface area contributed by atoms with Crippen LogP contribution in [-0.4, -0.2) is 30.8 Å². The Morgan fingerprint density at radius 2 is 2.00 bits per heavy atom. The zero-order valence-electron chi connectivity index (χ0n) is 10.6. The van der Waals surface area contributed by atoms with Crippen molar-refractivity contribution >= 4 is 10.0 Å². The van der Waals surface area contributed by atoms with Crippen molar-refractivity contribution in [3.63, 3.8) is 0 Å². The molecule has 1 heterocycles. The Morgan fingerprint density at radius 3 is 2.50 bits per heavy atom. The number of aryl methyl sites for hydroxylation is 2. The lowest BCUT2D eigenvalue weighted by molar-refractivity contribution is 0.0531. The molecule has 0 aromatic carbocycles. The van der Waals surface area contributed by atoms with Crippen molar-refractivity contribution in [2.24, 2.45) is 0 Å². The lowest BCUT2D eigenvalue weighted by atomic mass is 10.0. The van der Waals surface area contributed by atoms with Crippen molar-refractivity contribution in [2.45, 2.75) is 50.0 Å². The number of aliphatic hydroxyl groups is 1. The molecule has 0 radical (unpaired) electrons. The summed E-state index contributed by atoms with van der Waals surface area (Å²) in [7, 11) is -3.67. The summed E-state index contributed by atoms with van der Waals surface area (Å²) in [5.74, 6) is 0.262. The third-order valence-electron chi connectivity index (χ3n) is 3.36. The van der Waals surface area contributed by atoms with Gasteiger partial charge in [0.25, 0.3) is 0 Å². The van der Waals surface area contributed by atoms with E-state index in [-0.39, 0.29) is 17.2 Å². The van der Waals surface area contributed by atoms with Crippen LogP contribution in [0, 0.1) is 13.8 Å². The van der Waals surface area contributed by atoms with Gasteiger partial charge in [-0.2, -0.15) is 0 Å². The Labute approximate surface area is 106 Å². The molecule has 7 heteroatoms. The van der Waals surface area contributed by atoms with E-state index < -0.39 is 15.6 Å². The molecule has 0 unspecified atom stereocenters. The molecule has 102 valence electrons. The third-order valence-corrected chi connectivity index (χ3v) is 5.01. The Bertz CT molecular complexity index is 510. The molecule has 0 amide bonds. The van der Waals surface area contributed by atoms with Crippen LogP contribution in [0.1, 0.15) is 37.1 Å². The van der Waals surface area contributed by atoms with Crippen LogP contribution < -0.4 is 4.72 Å². The van der Waals surface area contributed by atoms with Gasteiger partial charge in [0.2, 0.25) is 10.0 Å². The number of hydrogen-bond donors (Lipinski definition) is 2. The summed E-state index contributed by atoms with van der Waals surface area (Å²) in [5.41, 5.74) is -0.579. The van der Waals surface area contributed by atoms with Gasteiger partial charge in [0.05, 0.1) is 5.60 Å². The molecule has 0 aliphatic heterocycles. The van der Waals surface area contributed by atoms with E-state index in [1.807, 2.05) is 0 Å². The number of hydrogen-bond acceptors (Lipinski definition) is 5. The highest BCUT2D eigenvalue weighted by atomic mass is 32.2. The first-order valence-corrected chi connectivity index (χ1v) is 7.47. The van der Waals surface area contributed by atoms with Crippen molar-refractivity contribution in [3.05, 3.63) is 11.5 Å². The van der Waals surface area contributed by atoms with E-state index in [4.69, 9.17) is 4.52 Å². The quantitative estimate of drug-likeness (QED) is 0.850. The minimum absolute atomic E-state index is 0.0411. The van der Waals surface area contributed by atoms with Crippen LogP contribution in [0.5, 0.6) is 0 Å². The third kappa shape index (κ3) is 2.57. The zero-order chi connectivity index (χ0) is 13.4. The predicted molar refractivity (Wildman–Crippen MR) is 64.6 cm³/mol. The molecule has 0 spiro atoms. The van der Waals surface area contributed by atoms with Crippen LogP contribution in [0.25, 0.3) is 0 Å². The smallest absolute Gasteiger partial charge is 0.246 e. The molecular weight excluding hydrogens is 256 g/mol. The van der Waals surface area contributed by atoms with Crippen LogP contribution in [0.3, 0.4) is 0 Å². The maximum atomic E-state index is 12.1. The summed E-state index contributed by atoms with van der Waals surface area (Å²) < 4.78 is 31.5. The van der Waals surface area contributed by atoms with Crippen LogP contribution in [0.15, 0.2) is 9.42 Å².